The fraction of sp³-hybridized carbons (Fsp3) is 0.455. The van der Waals surface area contributed by atoms with Gasteiger partial charge in [-0.25, -0.2) is 13.1 Å². The summed E-state index contributed by atoms with van der Waals surface area (Å²) in [5, 5.41) is 11.0. The molecule has 0 aromatic heterocycles. The monoisotopic (exact) mass is 318 g/mol. The minimum Gasteiger partial charge on any atom is -0.385 e. The van der Waals surface area contributed by atoms with Crippen LogP contribution in [0.2, 0.25) is 0 Å². The Morgan fingerprint density at radius 1 is 1.38 bits per heavy atom. The van der Waals surface area contributed by atoms with Crippen LogP contribution in [0, 0.1) is 10.1 Å². The lowest BCUT2D eigenvalue weighted by molar-refractivity contribution is -0.387. The first-order valence-corrected chi connectivity index (χ1v) is 7.64. The Labute approximate surface area is 122 Å². The molecule has 118 valence electrons. The molecular formula is C11H18N4O5S. The average molecular weight is 318 g/mol. The minimum absolute atomic E-state index is 0.180. The van der Waals surface area contributed by atoms with E-state index in [2.05, 4.69) is 10.1 Å². The molecule has 9 nitrogen and oxygen atoms in total. The summed E-state index contributed by atoms with van der Waals surface area (Å²) in [5.41, 5.74) is 1.95. The third-order valence-electron chi connectivity index (χ3n) is 2.68. The van der Waals surface area contributed by atoms with Crippen LogP contribution in [-0.4, -0.2) is 33.6 Å². The molecule has 0 saturated carbocycles. The molecule has 21 heavy (non-hydrogen) atoms. The highest BCUT2D eigenvalue weighted by Gasteiger charge is 2.25. The van der Waals surface area contributed by atoms with E-state index in [0.29, 0.717) is 19.4 Å². The molecule has 0 saturated heterocycles. The number of nitro groups is 1. The van der Waals surface area contributed by atoms with E-state index in [1.165, 1.54) is 6.07 Å². The lowest BCUT2D eigenvalue weighted by Gasteiger charge is -2.08. The number of rotatable bonds is 9. The number of nitrogen functional groups attached to an aromatic ring is 1. The molecule has 0 radical (unpaired) electrons. The Bertz CT molecular complexity index is 590. The summed E-state index contributed by atoms with van der Waals surface area (Å²) in [7, 11) is -2.39. The number of ether oxygens (including phenoxy) is 1. The van der Waals surface area contributed by atoms with E-state index in [0.717, 1.165) is 12.1 Å². The topological polar surface area (TPSA) is 137 Å². The number of hydrogen-bond donors (Lipinski definition) is 3. The average Bonchev–Trinajstić information content (AvgIpc) is 2.46. The van der Waals surface area contributed by atoms with Gasteiger partial charge in [-0.3, -0.25) is 16.0 Å². The normalized spacial score (nSPS) is 11.3. The SMILES string of the molecule is COCCCCNS(=O)(=O)c1ccc(NN)cc1[N+](=O)[O-]. The van der Waals surface area contributed by atoms with Crippen molar-refractivity contribution in [2.24, 2.45) is 5.84 Å². The second-order valence-corrected chi connectivity index (χ2v) is 5.92. The molecule has 0 spiro atoms. The van der Waals surface area contributed by atoms with Gasteiger partial charge in [0.05, 0.1) is 10.6 Å². The van der Waals surface area contributed by atoms with Gasteiger partial charge < -0.3 is 10.2 Å². The van der Waals surface area contributed by atoms with E-state index in [4.69, 9.17) is 10.6 Å². The van der Waals surface area contributed by atoms with Crippen LogP contribution >= 0.6 is 0 Å². The fourth-order valence-electron chi connectivity index (χ4n) is 1.63. The number of nitrogens with one attached hydrogen (secondary N) is 2. The molecule has 0 atom stereocenters. The highest BCUT2D eigenvalue weighted by atomic mass is 32.2. The molecule has 10 heteroatoms. The minimum atomic E-state index is -3.95. The molecule has 1 aromatic carbocycles. The number of nitrogens with two attached hydrogens (primary N) is 1. The van der Waals surface area contributed by atoms with E-state index >= 15 is 0 Å². The number of sulfonamides is 1. The lowest BCUT2D eigenvalue weighted by atomic mass is 10.3. The van der Waals surface area contributed by atoms with Crippen molar-refractivity contribution in [2.75, 3.05) is 25.7 Å². The van der Waals surface area contributed by atoms with Gasteiger partial charge in [0, 0.05) is 26.3 Å². The molecule has 0 aliphatic heterocycles. The maximum absolute atomic E-state index is 12.1. The molecule has 4 N–H and O–H groups in total. The molecule has 1 aromatic rings. The summed E-state index contributed by atoms with van der Waals surface area (Å²) >= 11 is 0. The van der Waals surface area contributed by atoms with E-state index in [1.807, 2.05) is 0 Å². The van der Waals surface area contributed by atoms with Crippen molar-refractivity contribution in [1.82, 2.24) is 4.72 Å². The number of hydrazine groups is 1. The summed E-state index contributed by atoms with van der Waals surface area (Å²) in [6.07, 6.45) is 1.26. The standard InChI is InChI=1S/C11H18N4O5S/c1-20-7-3-2-6-13-21(18,19)11-5-4-9(14-12)8-10(11)15(16)17/h4-5,8,13-14H,2-3,6-7,12H2,1H3. The first kappa shape index (κ1) is 17.3. The van der Waals surface area contributed by atoms with Gasteiger partial charge in [0.25, 0.3) is 5.69 Å². The number of anilines is 1. The zero-order valence-electron chi connectivity index (χ0n) is 11.5. The maximum Gasteiger partial charge on any atom is 0.291 e. The number of methoxy groups -OCH3 is 1. The van der Waals surface area contributed by atoms with Crippen molar-refractivity contribution >= 4 is 21.4 Å². The smallest absolute Gasteiger partial charge is 0.291 e. The first-order valence-electron chi connectivity index (χ1n) is 6.16. The summed E-state index contributed by atoms with van der Waals surface area (Å²) in [6, 6.07) is 3.57. The second-order valence-electron chi connectivity index (χ2n) is 4.18. The number of hydrogen-bond acceptors (Lipinski definition) is 7. The van der Waals surface area contributed by atoms with E-state index < -0.39 is 25.5 Å². The van der Waals surface area contributed by atoms with Gasteiger partial charge in [0.15, 0.2) is 4.90 Å². The molecule has 0 amide bonds. The van der Waals surface area contributed by atoms with Gasteiger partial charge in [-0.1, -0.05) is 0 Å². The number of benzene rings is 1. The Balaban J connectivity index is 2.89. The molecule has 0 aliphatic carbocycles. The quantitative estimate of drug-likeness (QED) is 0.262. The highest BCUT2D eigenvalue weighted by molar-refractivity contribution is 7.89. The number of nitrogens with zero attached hydrogens (tertiary/aromatic N) is 1. The van der Waals surface area contributed by atoms with Gasteiger partial charge in [-0.05, 0) is 25.0 Å². The third kappa shape index (κ3) is 4.93. The molecule has 0 heterocycles. The number of unbranched alkanes of at least 4 members (excludes halogenated alkanes) is 1. The lowest BCUT2D eigenvalue weighted by Crippen LogP contribution is -2.25. The van der Waals surface area contributed by atoms with Crippen molar-refractivity contribution in [2.45, 2.75) is 17.7 Å². The van der Waals surface area contributed by atoms with Crippen molar-refractivity contribution in [3.63, 3.8) is 0 Å². The van der Waals surface area contributed by atoms with Crippen molar-refractivity contribution in [1.29, 1.82) is 0 Å². The Morgan fingerprint density at radius 2 is 2.10 bits per heavy atom. The van der Waals surface area contributed by atoms with Gasteiger partial charge in [-0.15, -0.1) is 0 Å². The van der Waals surface area contributed by atoms with Crippen molar-refractivity contribution < 1.29 is 18.1 Å². The second kappa shape index (κ2) is 7.88. The molecule has 0 bridgehead atoms. The van der Waals surface area contributed by atoms with Crippen LogP contribution in [0.3, 0.4) is 0 Å². The summed E-state index contributed by atoms with van der Waals surface area (Å²) in [4.78, 5) is 9.83. The van der Waals surface area contributed by atoms with Crippen LogP contribution < -0.4 is 16.0 Å². The van der Waals surface area contributed by atoms with E-state index in [1.54, 1.807) is 7.11 Å². The largest absolute Gasteiger partial charge is 0.385 e. The molecule has 0 fully saturated rings. The summed E-state index contributed by atoms with van der Waals surface area (Å²) in [5.74, 6) is 5.16. The summed E-state index contributed by atoms with van der Waals surface area (Å²) < 4.78 is 31.4. The fourth-order valence-corrected chi connectivity index (χ4v) is 2.86. The Morgan fingerprint density at radius 3 is 2.67 bits per heavy atom. The predicted molar refractivity (Wildman–Crippen MR) is 77.2 cm³/mol. The van der Waals surface area contributed by atoms with Gasteiger partial charge in [0.2, 0.25) is 10.0 Å². The van der Waals surface area contributed by atoms with Gasteiger partial charge in [-0.2, -0.15) is 0 Å². The van der Waals surface area contributed by atoms with Crippen LogP contribution in [0.4, 0.5) is 11.4 Å². The van der Waals surface area contributed by atoms with Crippen LogP contribution in [0.1, 0.15) is 12.8 Å². The van der Waals surface area contributed by atoms with Crippen LogP contribution in [0.25, 0.3) is 0 Å². The van der Waals surface area contributed by atoms with E-state index in [-0.39, 0.29) is 12.2 Å². The summed E-state index contributed by atoms with van der Waals surface area (Å²) in [6.45, 7) is 0.707. The predicted octanol–water partition coefficient (Wildman–Crippen LogP) is 0.585. The zero-order valence-corrected chi connectivity index (χ0v) is 12.4. The Kier molecular flexibility index (Phi) is 6.49. The molecule has 0 aliphatic rings. The van der Waals surface area contributed by atoms with Crippen LogP contribution in [0.5, 0.6) is 0 Å². The Hall–Kier alpha value is -1.75. The van der Waals surface area contributed by atoms with Crippen molar-refractivity contribution in [3.05, 3.63) is 28.3 Å². The van der Waals surface area contributed by atoms with Crippen LogP contribution in [0.15, 0.2) is 23.1 Å². The highest BCUT2D eigenvalue weighted by Crippen LogP contribution is 2.26. The number of nitro benzene ring substituents is 1. The molecular weight excluding hydrogens is 300 g/mol. The zero-order chi connectivity index (χ0) is 15.9. The van der Waals surface area contributed by atoms with Crippen molar-refractivity contribution in [3.8, 4) is 0 Å². The third-order valence-corrected chi connectivity index (χ3v) is 4.19. The van der Waals surface area contributed by atoms with Crippen LogP contribution in [-0.2, 0) is 14.8 Å². The first-order chi connectivity index (χ1) is 9.92. The van der Waals surface area contributed by atoms with Gasteiger partial charge in [0.1, 0.15) is 0 Å². The van der Waals surface area contributed by atoms with Gasteiger partial charge >= 0.3 is 0 Å². The molecule has 0 unspecified atom stereocenters. The maximum atomic E-state index is 12.1. The van der Waals surface area contributed by atoms with E-state index in [9.17, 15) is 18.5 Å². The molecule has 1 rings (SSSR count).